The van der Waals surface area contributed by atoms with Gasteiger partial charge >= 0.3 is 10.1 Å². The Balaban J connectivity index is 1.54. The van der Waals surface area contributed by atoms with E-state index in [9.17, 15) is 8.42 Å². The van der Waals surface area contributed by atoms with E-state index >= 15 is 0 Å². The van der Waals surface area contributed by atoms with Crippen molar-refractivity contribution in [2.75, 3.05) is 12.4 Å². The summed E-state index contributed by atoms with van der Waals surface area (Å²) < 4.78 is 39.4. The Morgan fingerprint density at radius 2 is 1.77 bits per heavy atom. The number of ether oxygens (including phenoxy) is 1. The molecule has 0 amide bonds. The van der Waals surface area contributed by atoms with Crippen molar-refractivity contribution in [1.82, 2.24) is 9.38 Å². The number of nitrogens with zero attached hydrogens (tertiary/aromatic N) is 2. The van der Waals surface area contributed by atoms with Crippen LogP contribution >= 0.6 is 15.9 Å². The largest absolute Gasteiger partial charge is 0.493 e. The molecular weight excluding hydrogens is 530 g/mol. The molecule has 0 bridgehead atoms. The number of hydrogen-bond acceptors (Lipinski definition) is 6. The highest BCUT2D eigenvalue weighted by molar-refractivity contribution is 9.10. The summed E-state index contributed by atoms with van der Waals surface area (Å²) in [5.41, 5.74) is 2.38. The molecule has 1 N–H and O–H groups in total. The summed E-state index contributed by atoms with van der Waals surface area (Å²) in [7, 11) is -2.50. The van der Waals surface area contributed by atoms with Crippen molar-refractivity contribution in [2.24, 2.45) is 0 Å². The Bertz CT molecular complexity index is 1450. The lowest BCUT2D eigenvalue weighted by Gasteiger charge is -2.24. The molecule has 0 saturated heterocycles. The summed E-state index contributed by atoms with van der Waals surface area (Å²) in [6.07, 6.45) is 7.93. The number of benzene rings is 2. The SMILES string of the molecule is COc1cc(-c2nc3ccc(Br)cn3c2NC2CCCCC2)ccc1OS(=O)(=O)c1ccccc1. The fourth-order valence-corrected chi connectivity index (χ4v) is 5.73. The molecule has 2 heterocycles. The summed E-state index contributed by atoms with van der Waals surface area (Å²) in [4.78, 5) is 4.96. The number of methoxy groups -OCH3 is 1. The normalized spacial score (nSPS) is 14.7. The maximum Gasteiger partial charge on any atom is 0.339 e. The topological polar surface area (TPSA) is 81.9 Å². The van der Waals surface area contributed by atoms with Crippen molar-refractivity contribution in [3.8, 4) is 22.8 Å². The van der Waals surface area contributed by atoms with Gasteiger partial charge in [-0.2, -0.15) is 8.42 Å². The van der Waals surface area contributed by atoms with Gasteiger partial charge in [0.05, 0.1) is 7.11 Å². The average Bonchev–Trinajstić information content (AvgIpc) is 3.22. The van der Waals surface area contributed by atoms with E-state index in [1.807, 2.05) is 22.7 Å². The molecule has 9 heteroatoms. The van der Waals surface area contributed by atoms with Crippen molar-refractivity contribution >= 4 is 37.5 Å². The highest BCUT2D eigenvalue weighted by atomic mass is 79.9. The summed E-state index contributed by atoms with van der Waals surface area (Å²) in [6, 6.07) is 17.5. The lowest BCUT2D eigenvalue weighted by Crippen LogP contribution is -2.23. The minimum Gasteiger partial charge on any atom is -0.493 e. The van der Waals surface area contributed by atoms with Gasteiger partial charge in [0.25, 0.3) is 0 Å². The van der Waals surface area contributed by atoms with Gasteiger partial charge in [-0.15, -0.1) is 0 Å². The van der Waals surface area contributed by atoms with E-state index in [1.54, 1.807) is 36.4 Å². The predicted octanol–water partition coefficient (Wildman–Crippen LogP) is 6.28. The van der Waals surface area contributed by atoms with Crippen LogP contribution in [0.4, 0.5) is 5.82 Å². The molecule has 0 unspecified atom stereocenters. The predicted molar refractivity (Wildman–Crippen MR) is 140 cm³/mol. The molecule has 0 aliphatic heterocycles. The van der Waals surface area contributed by atoms with E-state index in [0.29, 0.717) is 11.8 Å². The number of anilines is 1. The van der Waals surface area contributed by atoms with Crippen LogP contribution in [0.2, 0.25) is 0 Å². The van der Waals surface area contributed by atoms with Gasteiger partial charge in [0, 0.05) is 22.3 Å². The number of aromatic nitrogens is 2. The van der Waals surface area contributed by atoms with E-state index in [-0.39, 0.29) is 10.6 Å². The molecule has 182 valence electrons. The second kappa shape index (κ2) is 9.91. The average molecular weight is 556 g/mol. The summed E-state index contributed by atoms with van der Waals surface area (Å²) in [5, 5.41) is 3.72. The quantitative estimate of drug-likeness (QED) is 0.270. The zero-order chi connectivity index (χ0) is 24.4. The third-order valence-corrected chi connectivity index (χ3v) is 7.91. The van der Waals surface area contributed by atoms with Crippen molar-refractivity contribution in [3.63, 3.8) is 0 Å². The molecule has 5 rings (SSSR count). The van der Waals surface area contributed by atoms with Gasteiger partial charge in [0.15, 0.2) is 11.5 Å². The third kappa shape index (κ3) is 5.01. The van der Waals surface area contributed by atoms with Crippen LogP contribution in [-0.2, 0) is 10.1 Å². The van der Waals surface area contributed by atoms with Crippen molar-refractivity contribution < 1.29 is 17.3 Å². The van der Waals surface area contributed by atoms with Gasteiger partial charge in [-0.05, 0) is 71.2 Å². The maximum atomic E-state index is 12.7. The fraction of sp³-hybridized carbons (Fsp3) is 0.269. The van der Waals surface area contributed by atoms with Crippen LogP contribution < -0.4 is 14.2 Å². The molecule has 0 radical (unpaired) electrons. The minimum absolute atomic E-state index is 0.0797. The number of nitrogens with one attached hydrogen (secondary N) is 1. The van der Waals surface area contributed by atoms with E-state index in [0.717, 1.165) is 40.0 Å². The maximum absolute atomic E-state index is 12.7. The molecule has 1 aliphatic carbocycles. The number of halogens is 1. The first kappa shape index (κ1) is 23.7. The van der Waals surface area contributed by atoms with Crippen LogP contribution in [0, 0.1) is 0 Å². The first-order chi connectivity index (χ1) is 16.9. The van der Waals surface area contributed by atoms with Crippen molar-refractivity contribution in [2.45, 2.75) is 43.0 Å². The van der Waals surface area contributed by atoms with Gasteiger partial charge in [0.2, 0.25) is 0 Å². The van der Waals surface area contributed by atoms with Gasteiger partial charge in [-0.1, -0.05) is 37.5 Å². The van der Waals surface area contributed by atoms with Gasteiger partial charge in [-0.25, -0.2) is 4.98 Å². The lowest BCUT2D eigenvalue weighted by molar-refractivity contribution is 0.391. The molecule has 2 aromatic carbocycles. The number of hydrogen-bond donors (Lipinski definition) is 1. The van der Waals surface area contributed by atoms with Crippen LogP contribution in [0.3, 0.4) is 0 Å². The van der Waals surface area contributed by atoms with E-state index in [4.69, 9.17) is 13.9 Å². The zero-order valence-electron chi connectivity index (χ0n) is 19.3. The van der Waals surface area contributed by atoms with Crippen LogP contribution in [0.5, 0.6) is 11.5 Å². The molecule has 1 aliphatic rings. The Labute approximate surface area is 213 Å². The number of pyridine rings is 1. The van der Waals surface area contributed by atoms with E-state index in [2.05, 4.69) is 21.2 Å². The molecule has 1 saturated carbocycles. The second-order valence-corrected chi connectivity index (χ2v) is 11.0. The first-order valence-electron chi connectivity index (χ1n) is 11.6. The molecule has 4 aromatic rings. The first-order valence-corrected chi connectivity index (χ1v) is 13.8. The second-order valence-electron chi connectivity index (χ2n) is 8.58. The smallest absolute Gasteiger partial charge is 0.339 e. The van der Waals surface area contributed by atoms with Crippen molar-refractivity contribution in [1.29, 1.82) is 0 Å². The Hall–Kier alpha value is -3.04. The summed E-state index contributed by atoms with van der Waals surface area (Å²) in [6.45, 7) is 0. The van der Waals surface area contributed by atoms with Crippen LogP contribution in [0.1, 0.15) is 32.1 Å². The zero-order valence-corrected chi connectivity index (χ0v) is 21.7. The van der Waals surface area contributed by atoms with Crippen LogP contribution in [-0.4, -0.2) is 31.0 Å². The lowest BCUT2D eigenvalue weighted by atomic mass is 9.95. The van der Waals surface area contributed by atoms with Gasteiger partial charge < -0.3 is 14.2 Å². The molecule has 0 atom stereocenters. The molecule has 1 fully saturated rings. The third-order valence-electron chi connectivity index (χ3n) is 6.20. The molecule has 7 nitrogen and oxygen atoms in total. The van der Waals surface area contributed by atoms with Gasteiger partial charge in [0.1, 0.15) is 22.1 Å². The summed E-state index contributed by atoms with van der Waals surface area (Å²) >= 11 is 3.57. The van der Waals surface area contributed by atoms with E-state index in [1.165, 1.54) is 38.5 Å². The van der Waals surface area contributed by atoms with Crippen molar-refractivity contribution in [3.05, 3.63) is 71.3 Å². The minimum atomic E-state index is -3.99. The Kier molecular flexibility index (Phi) is 6.71. The van der Waals surface area contributed by atoms with Crippen LogP contribution in [0.25, 0.3) is 16.9 Å². The fourth-order valence-electron chi connectivity index (χ4n) is 4.44. The molecular formula is C26H26BrN3O4S. The highest BCUT2D eigenvalue weighted by Crippen LogP contribution is 2.38. The monoisotopic (exact) mass is 555 g/mol. The Morgan fingerprint density at radius 1 is 1.00 bits per heavy atom. The van der Waals surface area contributed by atoms with Crippen LogP contribution in [0.15, 0.2) is 76.2 Å². The number of rotatable bonds is 7. The number of fused-ring (bicyclic) bond motifs is 1. The molecule has 35 heavy (non-hydrogen) atoms. The highest BCUT2D eigenvalue weighted by Gasteiger charge is 2.23. The summed E-state index contributed by atoms with van der Waals surface area (Å²) in [5.74, 6) is 1.33. The standard InChI is InChI=1S/C26H26BrN3O4S/c1-33-23-16-18(12-14-22(23)34-35(31,32)21-10-6-3-7-11-21)25-26(28-20-8-4-2-5-9-20)30-17-19(27)13-15-24(30)29-25/h3,6-7,10-17,20,28H,2,4-5,8-9H2,1H3. The molecule has 0 spiro atoms. The van der Waals surface area contributed by atoms with Gasteiger partial charge in [-0.3, -0.25) is 4.40 Å². The van der Waals surface area contributed by atoms with E-state index < -0.39 is 10.1 Å². The molecule has 2 aromatic heterocycles. The number of imidazole rings is 1. The Morgan fingerprint density at radius 3 is 2.51 bits per heavy atom.